The fourth-order valence-electron chi connectivity index (χ4n) is 3.98. The second-order valence-electron chi connectivity index (χ2n) is 8.94. The minimum absolute atomic E-state index is 0.132. The van der Waals surface area contributed by atoms with E-state index < -0.39 is 0 Å². The smallest absolute Gasteiger partial charge is 0.330 e. The summed E-state index contributed by atoms with van der Waals surface area (Å²) in [6.07, 6.45) is 5.53. The highest BCUT2D eigenvalue weighted by atomic mass is 16.2. The van der Waals surface area contributed by atoms with Crippen molar-refractivity contribution in [1.29, 1.82) is 0 Å². The number of aliphatic imine (C=N–C) groups is 1. The van der Waals surface area contributed by atoms with Gasteiger partial charge in [-0.05, 0) is 64.2 Å². The number of nitrogens with zero attached hydrogens (tertiary/aromatic N) is 3. The lowest BCUT2D eigenvalue weighted by atomic mass is 10.1. The van der Waals surface area contributed by atoms with E-state index in [4.69, 9.17) is 4.99 Å². The van der Waals surface area contributed by atoms with E-state index in [2.05, 4.69) is 54.2 Å². The monoisotopic (exact) mass is 437 g/mol. The first-order valence-electron chi connectivity index (χ1n) is 11.3. The number of H-pyrrole nitrogens is 1. The van der Waals surface area contributed by atoms with Crippen LogP contribution < -0.4 is 21.5 Å². The van der Waals surface area contributed by atoms with Gasteiger partial charge in [0, 0.05) is 49.3 Å². The van der Waals surface area contributed by atoms with Gasteiger partial charge >= 0.3 is 5.69 Å². The second-order valence-corrected chi connectivity index (χ2v) is 8.94. The number of allylic oxidation sites excluding steroid dienone is 2. The molecule has 0 saturated heterocycles. The van der Waals surface area contributed by atoms with Crippen LogP contribution in [0.4, 0.5) is 17.2 Å². The molecule has 1 heterocycles. The number of rotatable bonds is 8. The summed E-state index contributed by atoms with van der Waals surface area (Å²) in [4.78, 5) is 33.9. The highest BCUT2D eigenvalue weighted by Gasteiger charge is 2.28. The molecule has 1 saturated carbocycles. The van der Waals surface area contributed by atoms with Gasteiger partial charge in [-0.25, -0.2) is 9.79 Å². The summed E-state index contributed by atoms with van der Waals surface area (Å²) < 4.78 is 1.64. The Morgan fingerprint density at radius 2 is 1.91 bits per heavy atom. The molecule has 1 aliphatic carbocycles. The fourth-order valence-corrected chi connectivity index (χ4v) is 3.98. The van der Waals surface area contributed by atoms with Crippen LogP contribution in [0, 0.1) is 20.8 Å². The van der Waals surface area contributed by atoms with E-state index >= 15 is 0 Å². The van der Waals surface area contributed by atoms with Crippen LogP contribution in [0.1, 0.15) is 62.3 Å². The Kier molecular flexibility index (Phi) is 7.06. The Balaban J connectivity index is 1.93. The standard InChI is InChI=1S/C25H35N5O2/c1-8-9-19(27-21-14-22(29(6)7)16(3)12-15(21)2)13-17(4)26-23-18(5)24(31)28-25(32)30(23)20-10-11-20/h9,12,14,20,27H,8,10-11,13H2,1-7H3,(H,28,31,32)/b19-9+,26-17?. The molecule has 0 amide bonds. The molecule has 32 heavy (non-hydrogen) atoms. The summed E-state index contributed by atoms with van der Waals surface area (Å²) >= 11 is 0. The van der Waals surface area contributed by atoms with Gasteiger partial charge in [-0.1, -0.05) is 19.1 Å². The molecule has 172 valence electrons. The van der Waals surface area contributed by atoms with Crippen LogP contribution in [-0.4, -0.2) is 29.4 Å². The van der Waals surface area contributed by atoms with Crippen LogP contribution in [-0.2, 0) is 0 Å². The van der Waals surface area contributed by atoms with Crippen LogP contribution in [0.5, 0.6) is 0 Å². The molecule has 0 spiro atoms. The maximum Gasteiger partial charge on any atom is 0.330 e. The van der Waals surface area contributed by atoms with Crippen molar-refractivity contribution in [1.82, 2.24) is 9.55 Å². The van der Waals surface area contributed by atoms with E-state index in [1.165, 1.54) is 16.8 Å². The maximum absolute atomic E-state index is 12.4. The molecule has 2 N–H and O–H groups in total. The molecule has 0 radical (unpaired) electrons. The Hall–Kier alpha value is -3.09. The quantitative estimate of drug-likeness (QED) is 0.584. The number of aromatic amines is 1. The zero-order valence-corrected chi connectivity index (χ0v) is 20.3. The first kappa shape index (κ1) is 23.6. The van der Waals surface area contributed by atoms with E-state index in [0.29, 0.717) is 17.8 Å². The van der Waals surface area contributed by atoms with Crippen molar-refractivity contribution >= 4 is 22.9 Å². The predicted molar refractivity (Wildman–Crippen MR) is 134 cm³/mol. The normalized spacial score (nSPS) is 14.6. The van der Waals surface area contributed by atoms with Gasteiger partial charge in [0.2, 0.25) is 0 Å². The number of aromatic nitrogens is 2. The summed E-state index contributed by atoms with van der Waals surface area (Å²) in [5, 5.41) is 3.59. The third kappa shape index (κ3) is 5.21. The molecule has 0 bridgehead atoms. The Bertz CT molecular complexity index is 1180. The molecule has 7 nitrogen and oxygen atoms in total. The Labute approximate surface area is 189 Å². The van der Waals surface area contributed by atoms with E-state index in [-0.39, 0.29) is 17.3 Å². The lowest BCUT2D eigenvalue weighted by molar-refractivity contribution is 0.674. The Morgan fingerprint density at radius 3 is 2.50 bits per heavy atom. The van der Waals surface area contributed by atoms with E-state index in [1.807, 2.05) is 21.0 Å². The van der Waals surface area contributed by atoms with Gasteiger partial charge in [0.15, 0.2) is 0 Å². The molecule has 1 aliphatic rings. The predicted octanol–water partition coefficient (Wildman–Crippen LogP) is 4.75. The number of anilines is 2. The van der Waals surface area contributed by atoms with Crippen molar-refractivity contribution < 1.29 is 0 Å². The summed E-state index contributed by atoms with van der Waals surface area (Å²) in [7, 11) is 4.09. The van der Waals surface area contributed by atoms with Gasteiger partial charge in [0.25, 0.3) is 5.56 Å². The van der Waals surface area contributed by atoms with Crippen molar-refractivity contribution in [3.05, 3.63) is 61.4 Å². The minimum Gasteiger partial charge on any atom is -0.377 e. The van der Waals surface area contributed by atoms with Gasteiger partial charge < -0.3 is 10.2 Å². The third-order valence-electron chi connectivity index (χ3n) is 5.77. The van der Waals surface area contributed by atoms with Crippen LogP contribution in [0.3, 0.4) is 0 Å². The number of aryl methyl sites for hydroxylation is 2. The van der Waals surface area contributed by atoms with E-state index in [9.17, 15) is 9.59 Å². The first-order valence-corrected chi connectivity index (χ1v) is 11.3. The summed E-state index contributed by atoms with van der Waals surface area (Å²) in [5.41, 5.74) is 6.29. The SMILES string of the molecule is CC/C=C(\CC(C)=Nc1c(C)c(=O)[nH]c(=O)n1C1CC1)Nc1cc(N(C)C)c(C)cc1C. The molecule has 0 atom stereocenters. The van der Waals surface area contributed by atoms with E-state index in [0.717, 1.165) is 36.4 Å². The van der Waals surface area contributed by atoms with Gasteiger partial charge in [0.1, 0.15) is 5.82 Å². The third-order valence-corrected chi connectivity index (χ3v) is 5.77. The first-order chi connectivity index (χ1) is 15.1. The van der Waals surface area contributed by atoms with Crippen LogP contribution >= 0.6 is 0 Å². The lowest BCUT2D eigenvalue weighted by Crippen LogP contribution is -2.31. The molecule has 0 unspecified atom stereocenters. The Morgan fingerprint density at radius 1 is 1.22 bits per heavy atom. The average Bonchev–Trinajstić information content (AvgIpc) is 3.52. The van der Waals surface area contributed by atoms with Gasteiger partial charge in [0.05, 0.1) is 5.56 Å². The highest BCUT2D eigenvalue weighted by molar-refractivity contribution is 5.87. The van der Waals surface area contributed by atoms with Crippen molar-refractivity contribution in [2.24, 2.45) is 4.99 Å². The number of hydrogen-bond acceptors (Lipinski definition) is 5. The van der Waals surface area contributed by atoms with Crippen molar-refractivity contribution in [3.63, 3.8) is 0 Å². The molecule has 3 rings (SSSR count). The molecule has 7 heteroatoms. The maximum atomic E-state index is 12.4. The molecule has 1 fully saturated rings. The largest absolute Gasteiger partial charge is 0.377 e. The van der Waals surface area contributed by atoms with Crippen molar-refractivity contribution in [3.8, 4) is 0 Å². The van der Waals surface area contributed by atoms with Gasteiger partial charge in [-0.15, -0.1) is 0 Å². The minimum atomic E-state index is -0.372. The highest BCUT2D eigenvalue weighted by Crippen LogP contribution is 2.37. The van der Waals surface area contributed by atoms with Crippen LogP contribution in [0.15, 0.2) is 38.5 Å². The lowest BCUT2D eigenvalue weighted by Gasteiger charge is -2.20. The van der Waals surface area contributed by atoms with E-state index in [1.54, 1.807) is 11.5 Å². The van der Waals surface area contributed by atoms with Crippen LogP contribution in [0.2, 0.25) is 0 Å². The second kappa shape index (κ2) is 9.59. The average molecular weight is 438 g/mol. The van der Waals surface area contributed by atoms with Gasteiger partial charge in [-0.2, -0.15) is 0 Å². The molecule has 2 aromatic rings. The zero-order valence-electron chi connectivity index (χ0n) is 20.3. The van der Waals surface area contributed by atoms with Crippen LogP contribution in [0.25, 0.3) is 0 Å². The molecule has 1 aromatic heterocycles. The fraction of sp³-hybridized carbons (Fsp3) is 0.480. The number of hydrogen-bond donors (Lipinski definition) is 2. The molecule has 0 aliphatic heterocycles. The van der Waals surface area contributed by atoms with Crippen molar-refractivity contribution in [2.45, 2.75) is 66.3 Å². The topological polar surface area (TPSA) is 82.5 Å². The summed E-state index contributed by atoms with van der Waals surface area (Å²) in [6, 6.07) is 4.50. The summed E-state index contributed by atoms with van der Waals surface area (Å²) in [5.74, 6) is 0.482. The molecular formula is C25H35N5O2. The molecule has 1 aromatic carbocycles. The van der Waals surface area contributed by atoms with Crippen molar-refractivity contribution in [2.75, 3.05) is 24.3 Å². The molecular weight excluding hydrogens is 402 g/mol. The zero-order chi connectivity index (χ0) is 23.6. The summed E-state index contributed by atoms with van der Waals surface area (Å²) in [6.45, 7) is 10.00. The number of benzene rings is 1. The number of nitrogens with one attached hydrogen (secondary N) is 2. The van der Waals surface area contributed by atoms with Gasteiger partial charge in [-0.3, -0.25) is 14.3 Å².